The molecule has 1 rings (SSSR count). The summed E-state index contributed by atoms with van der Waals surface area (Å²) in [5.74, 6) is 0.789. The summed E-state index contributed by atoms with van der Waals surface area (Å²) in [5.41, 5.74) is 0. The third-order valence-electron chi connectivity index (χ3n) is 0.789. The van der Waals surface area contributed by atoms with Gasteiger partial charge < -0.3 is 4.42 Å². The summed E-state index contributed by atoms with van der Waals surface area (Å²) < 4.78 is 5.90. The molecule has 0 amide bonds. The van der Waals surface area contributed by atoms with Gasteiger partial charge in [0.2, 0.25) is 0 Å². The zero-order valence-electron chi connectivity index (χ0n) is 4.23. The Morgan fingerprint density at radius 2 is 2.50 bits per heavy atom. The fourth-order valence-corrected chi connectivity index (χ4v) is 0.754. The first kappa shape index (κ1) is 5.63. The lowest BCUT2D eigenvalue weighted by Crippen LogP contribution is -1.52. The quantitative estimate of drug-likeness (QED) is 0.636. The van der Waals surface area contributed by atoms with Crippen molar-refractivity contribution in [2.75, 3.05) is 0 Å². The molecule has 0 unspecified atom stereocenters. The molecule has 0 atom stereocenters. The Labute approximate surface area is 56.1 Å². The average molecular weight is 173 g/mol. The second-order valence-corrected chi connectivity index (χ2v) is 2.29. The van der Waals surface area contributed by atoms with Gasteiger partial charge in [-0.05, 0) is 28.1 Å². The van der Waals surface area contributed by atoms with E-state index in [4.69, 9.17) is 4.42 Å². The maximum Gasteiger partial charge on any atom is 0.127 e. The van der Waals surface area contributed by atoms with E-state index in [-0.39, 0.29) is 0 Å². The van der Waals surface area contributed by atoms with Crippen LogP contribution in [-0.4, -0.2) is 0 Å². The second kappa shape index (κ2) is 2.18. The summed E-state index contributed by atoms with van der Waals surface area (Å²) in [6.45, 7) is 3.53. The van der Waals surface area contributed by atoms with Crippen LogP contribution in [0.2, 0.25) is 0 Å². The van der Waals surface area contributed by atoms with Crippen molar-refractivity contribution in [3.63, 3.8) is 0 Å². The van der Waals surface area contributed by atoms with Crippen LogP contribution in [0.15, 0.2) is 27.8 Å². The summed E-state index contributed by atoms with van der Waals surface area (Å²) in [5, 5.41) is 0. The van der Waals surface area contributed by atoms with Gasteiger partial charge in [0.1, 0.15) is 12.0 Å². The van der Waals surface area contributed by atoms with Crippen molar-refractivity contribution in [2.45, 2.75) is 0 Å². The van der Waals surface area contributed by atoms with Crippen molar-refractivity contribution in [1.82, 2.24) is 0 Å². The Morgan fingerprint density at radius 1 is 1.75 bits per heavy atom. The smallest absolute Gasteiger partial charge is 0.127 e. The van der Waals surface area contributed by atoms with E-state index in [0.29, 0.717) is 0 Å². The maximum absolute atomic E-state index is 4.95. The molecule has 42 valence electrons. The summed E-state index contributed by atoms with van der Waals surface area (Å²) in [6, 6.07) is 1.85. The minimum Gasteiger partial charge on any atom is -0.464 e. The molecule has 1 nitrogen and oxygen atoms in total. The van der Waals surface area contributed by atoms with Gasteiger partial charge in [-0.3, -0.25) is 0 Å². The molecule has 0 aliphatic heterocycles. The molecule has 0 N–H and O–H groups in total. The van der Waals surface area contributed by atoms with E-state index in [1.54, 1.807) is 12.3 Å². The molecule has 0 aromatic carbocycles. The van der Waals surface area contributed by atoms with Crippen LogP contribution in [0.3, 0.4) is 0 Å². The first-order valence-corrected chi connectivity index (χ1v) is 2.98. The topological polar surface area (TPSA) is 13.1 Å². The van der Waals surface area contributed by atoms with E-state index in [1.165, 1.54) is 0 Å². The van der Waals surface area contributed by atoms with E-state index in [0.717, 1.165) is 10.2 Å². The number of rotatable bonds is 1. The van der Waals surface area contributed by atoms with Gasteiger partial charge in [-0.1, -0.05) is 6.58 Å². The molecule has 0 aliphatic carbocycles. The van der Waals surface area contributed by atoms with Crippen LogP contribution in [-0.2, 0) is 0 Å². The minimum absolute atomic E-state index is 0.789. The molecule has 0 saturated heterocycles. The zero-order valence-corrected chi connectivity index (χ0v) is 5.81. The summed E-state index contributed by atoms with van der Waals surface area (Å²) in [7, 11) is 0. The highest BCUT2D eigenvalue weighted by atomic mass is 79.9. The second-order valence-electron chi connectivity index (χ2n) is 1.37. The highest BCUT2D eigenvalue weighted by Gasteiger charge is 1.90. The number of furan rings is 1. The van der Waals surface area contributed by atoms with Crippen LogP contribution in [0.5, 0.6) is 0 Å². The van der Waals surface area contributed by atoms with Gasteiger partial charge in [-0.15, -0.1) is 0 Å². The lowest BCUT2D eigenvalue weighted by Gasteiger charge is -1.73. The van der Waals surface area contributed by atoms with Crippen molar-refractivity contribution in [1.29, 1.82) is 0 Å². The van der Waals surface area contributed by atoms with Crippen molar-refractivity contribution in [2.24, 2.45) is 0 Å². The van der Waals surface area contributed by atoms with Crippen LogP contribution < -0.4 is 0 Å². The van der Waals surface area contributed by atoms with Crippen LogP contribution in [0.4, 0.5) is 0 Å². The molecule has 1 heterocycles. The van der Waals surface area contributed by atoms with Crippen LogP contribution >= 0.6 is 15.9 Å². The lowest BCUT2D eigenvalue weighted by molar-refractivity contribution is 0.556. The van der Waals surface area contributed by atoms with Crippen molar-refractivity contribution < 1.29 is 4.42 Å². The van der Waals surface area contributed by atoms with Gasteiger partial charge in [0, 0.05) is 0 Å². The molecule has 0 fully saturated rings. The standard InChI is InChI=1S/C6H5BrO/c1-2-6-3-5(7)4-8-6/h2-4H,1H2. The molecule has 8 heavy (non-hydrogen) atoms. The molecule has 0 spiro atoms. The molecule has 1 aromatic heterocycles. The fraction of sp³-hybridized carbons (Fsp3) is 0. The number of hydrogen-bond acceptors (Lipinski definition) is 1. The zero-order chi connectivity index (χ0) is 5.98. The minimum atomic E-state index is 0.789. The molecular weight excluding hydrogens is 168 g/mol. The highest BCUT2D eigenvalue weighted by molar-refractivity contribution is 9.10. The first-order chi connectivity index (χ1) is 3.83. The van der Waals surface area contributed by atoms with Gasteiger partial charge in [-0.2, -0.15) is 0 Å². The van der Waals surface area contributed by atoms with Crippen LogP contribution in [0, 0.1) is 0 Å². The van der Waals surface area contributed by atoms with Crippen LogP contribution in [0.1, 0.15) is 5.76 Å². The largest absolute Gasteiger partial charge is 0.464 e. The predicted molar refractivity (Wildman–Crippen MR) is 36.5 cm³/mol. The Hall–Kier alpha value is -0.500. The molecule has 0 aliphatic rings. The van der Waals surface area contributed by atoms with Gasteiger partial charge >= 0.3 is 0 Å². The summed E-state index contributed by atoms with van der Waals surface area (Å²) in [4.78, 5) is 0. The van der Waals surface area contributed by atoms with E-state index < -0.39 is 0 Å². The van der Waals surface area contributed by atoms with Gasteiger partial charge in [0.05, 0.1) is 4.47 Å². The van der Waals surface area contributed by atoms with Gasteiger partial charge in [-0.25, -0.2) is 0 Å². The molecule has 0 saturated carbocycles. The highest BCUT2D eigenvalue weighted by Crippen LogP contribution is 2.13. The predicted octanol–water partition coefficient (Wildman–Crippen LogP) is 2.69. The third kappa shape index (κ3) is 1.01. The third-order valence-corrected chi connectivity index (χ3v) is 1.20. The maximum atomic E-state index is 4.95. The van der Waals surface area contributed by atoms with Gasteiger partial charge in [0.15, 0.2) is 0 Å². The Kier molecular flexibility index (Phi) is 1.53. The molecule has 1 aromatic rings. The molecular formula is C6H5BrO. The molecule has 0 radical (unpaired) electrons. The number of halogens is 1. The van der Waals surface area contributed by atoms with E-state index in [9.17, 15) is 0 Å². The molecule has 2 heteroatoms. The van der Waals surface area contributed by atoms with E-state index in [2.05, 4.69) is 22.5 Å². The lowest BCUT2D eigenvalue weighted by atomic mass is 10.5. The van der Waals surface area contributed by atoms with Crippen molar-refractivity contribution >= 4 is 22.0 Å². The summed E-state index contributed by atoms with van der Waals surface area (Å²) in [6.07, 6.45) is 3.28. The van der Waals surface area contributed by atoms with Crippen molar-refractivity contribution in [3.05, 3.63) is 29.1 Å². The average Bonchev–Trinajstić information content (AvgIpc) is 2.14. The Morgan fingerprint density at radius 3 is 2.75 bits per heavy atom. The first-order valence-electron chi connectivity index (χ1n) is 2.19. The van der Waals surface area contributed by atoms with Crippen molar-refractivity contribution in [3.8, 4) is 0 Å². The van der Waals surface area contributed by atoms with E-state index >= 15 is 0 Å². The number of hydrogen-bond donors (Lipinski definition) is 0. The SMILES string of the molecule is C=Cc1cc(Br)co1. The normalized spacial score (nSPS) is 9.12. The van der Waals surface area contributed by atoms with Crippen LogP contribution in [0.25, 0.3) is 6.08 Å². The Balaban J connectivity index is 3.00. The summed E-state index contributed by atoms with van der Waals surface area (Å²) >= 11 is 3.23. The van der Waals surface area contributed by atoms with E-state index in [1.807, 2.05) is 6.07 Å². The molecule has 0 bridgehead atoms. The van der Waals surface area contributed by atoms with Gasteiger partial charge in [0.25, 0.3) is 0 Å². The monoisotopic (exact) mass is 172 g/mol. The Bertz CT molecular complexity index is 190. The fourth-order valence-electron chi connectivity index (χ4n) is 0.435.